The summed E-state index contributed by atoms with van der Waals surface area (Å²) in [6, 6.07) is 8.39. The van der Waals surface area contributed by atoms with Crippen molar-refractivity contribution in [1.29, 1.82) is 0 Å². The van der Waals surface area contributed by atoms with Crippen molar-refractivity contribution >= 4 is 17.1 Å². The molecule has 1 fully saturated rings. The molecule has 1 aliphatic heterocycles. The van der Waals surface area contributed by atoms with Gasteiger partial charge >= 0.3 is 6.09 Å². The van der Waals surface area contributed by atoms with Crippen LogP contribution in [0.3, 0.4) is 0 Å². The monoisotopic (exact) mass is 409 g/mol. The first kappa shape index (κ1) is 20.2. The highest BCUT2D eigenvalue weighted by atomic mass is 16.6. The second-order valence-corrected chi connectivity index (χ2v) is 9.22. The predicted octanol–water partition coefficient (Wildman–Crippen LogP) is 3.73. The number of aromatic nitrogens is 3. The molecule has 4 rings (SSSR count). The highest BCUT2D eigenvalue weighted by Crippen LogP contribution is 2.31. The van der Waals surface area contributed by atoms with Crippen LogP contribution in [0.25, 0.3) is 22.3 Å². The molecule has 3 aromatic rings. The number of nitrogens with zero attached hydrogens (tertiary/aromatic N) is 2. The van der Waals surface area contributed by atoms with Gasteiger partial charge in [-0.1, -0.05) is 0 Å². The van der Waals surface area contributed by atoms with Gasteiger partial charge in [0.1, 0.15) is 11.5 Å². The maximum absolute atomic E-state index is 12.7. The Labute approximate surface area is 175 Å². The van der Waals surface area contributed by atoms with Gasteiger partial charge in [-0.25, -0.2) is 9.78 Å². The average molecular weight is 409 g/mol. The number of hydrogen-bond donors (Lipinski definition) is 4. The molecule has 2 aromatic heterocycles. The second-order valence-electron chi connectivity index (χ2n) is 9.22. The van der Waals surface area contributed by atoms with Crippen molar-refractivity contribution in [2.45, 2.75) is 57.7 Å². The highest BCUT2D eigenvalue weighted by Gasteiger charge is 2.38. The molecule has 0 spiro atoms. The molecule has 3 heterocycles. The Kier molecular flexibility index (Phi) is 4.89. The third-order valence-electron chi connectivity index (χ3n) is 5.26. The quantitative estimate of drug-likeness (QED) is 0.524. The van der Waals surface area contributed by atoms with Gasteiger partial charge in [-0.05, 0) is 64.8 Å². The van der Waals surface area contributed by atoms with Crippen LogP contribution in [-0.2, 0) is 0 Å². The maximum Gasteiger partial charge on any atom is 0.412 e. The number of ether oxygens (including phenoxy) is 1. The van der Waals surface area contributed by atoms with E-state index in [0.29, 0.717) is 22.5 Å². The fraction of sp³-hybridized carbons (Fsp3) is 0.409. The number of aromatic amines is 1. The van der Waals surface area contributed by atoms with Crippen LogP contribution >= 0.6 is 0 Å². The number of rotatable bonds is 3. The van der Waals surface area contributed by atoms with Gasteiger partial charge in [0.25, 0.3) is 0 Å². The standard InChI is InChI=1S/C22H27N5O3/c1-21(2)10-14(11-22(3,4)27-21)24-20(29)30-18-9-17(13-5-7-15(28)8-6-13)25-19-16(18)12-23-26-19/h5-9,12,14,27-28H,10-11H2,1-4H3,(H,24,29)(H,23,25,26). The van der Waals surface area contributed by atoms with Crippen LogP contribution in [0.2, 0.25) is 0 Å². The van der Waals surface area contributed by atoms with Crippen LogP contribution in [0.4, 0.5) is 4.79 Å². The Morgan fingerprint density at radius 2 is 1.83 bits per heavy atom. The largest absolute Gasteiger partial charge is 0.508 e. The fourth-order valence-electron chi connectivity index (χ4n) is 4.48. The summed E-state index contributed by atoms with van der Waals surface area (Å²) in [5.41, 5.74) is 1.75. The zero-order valence-electron chi connectivity index (χ0n) is 17.6. The minimum atomic E-state index is -0.501. The first-order valence-electron chi connectivity index (χ1n) is 10.0. The minimum absolute atomic E-state index is 0.00185. The number of phenols is 1. The van der Waals surface area contributed by atoms with Gasteiger partial charge in [0.2, 0.25) is 0 Å². The molecule has 0 bridgehead atoms. The van der Waals surface area contributed by atoms with Crippen molar-refractivity contribution in [2.24, 2.45) is 0 Å². The summed E-state index contributed by atoms with van der Waals surface area (Å²) in [7, 11) is 0. The van der Waals surface area contributed by atoms with Gasteiger partial charge < -0.3 is 20.5 Å². The minimum Gasteiger partial charge on any atom is -0.508 e. The van der Waals surface area contributed by atoms with E-state index >= 15 is 0 Å². The van der Waals surface area contributed by atoms with Gasteiger partial charge in [-0.2, -0.15) is 5.10 Å². The molecule has 1 saturated heterocycles. The van der Waals surface area contributed by atoms with Gasteiger partial charge in [0, 0.05) is 28.7 Å². The molecule has 0 atom stereocenters. The molecule has 8 heteroatoms. The van der Waals surface area contributed by atoms with E-state index < -0.39 is 6.09 Å². The number of H-pyrrole nitrogens is 1. The lowest BCUT2D eigenvalue weighted by atomic mass is 9.80. The van der Waals surface area contributed by atoms with Crippen molar-refractivity contribution in [2.75, 3.05) is 0 Å². The van der Waals surface area contributed by atoms with Crippen molar-refractivity contribution in [3.63, 3.8) is 0 Å². The number of nitrogens with one attached hydrogen (secondary N) is 3. The van der Waals surface area contributed by atoms with E-state index in [9.17, 15) is 9.90 Å². The highest BCUT2D eigenvalue weighted by molar-refractivity contribution is 5.87. The molecule has 0 aliphatic carbocycles. The molecule has 0 unspecified atom stereocenters. The van der Waals surface area contributed by atoms with Crippen molar-refractivity contribution in [3.8, 4) is 22.8 Å². The summed E-state index contributed by atoms with van der Waals surface area (Å²) in [5.74, 6) is 0.548. The molecule has 1 aromatic carbocycles. The van der Waals surface area contributed by atoms with Crippen LogP contribution in [-0.4, -0.2) is 43.5 Å². The van der Waals surface area contributed by atoms with Crippen LogP contribution in [0, 0.1) is 0 Å². The molecule has 1 amide bonds. The zero-order chi connectivity index (χ0) is 21.5. The lowest BCUT2D eigenvalue weighted by Crippen LogP contribution is -2.62. The van der Waals surface area contributed by atoms with E-state index in [-0.39, 0.29) is 22.9 Å². The van der Waals surface area contributed by atoms with E-state index in [0.717, 1.165) is 18.4 Å². The van der Waals surface area contributed by atoms with E-state index in [1.54, 1.807) is 36.5 Å². The van der Waals surface area contributed by atoms with Gasteiger partial charge in [0.05, 0.1) is 17.3 Å². The number of carbonyl (C=O) groups is 1. The van der Waals surface area contributed by atoms with Gasteiger partial charge in [-0.15, -0.1) is 0 Å². The summed E-state index contributed by atoms with van der Waals surface area (Å²) < 4.78 is 5.69. The third-order valence-corrected chi connectivity index (χ3v) is 5.26. The number of hydrogen-bond acceptors (Lipinski definition) is 6. The molecule has 4 N–H and O–H groups in total. The van der Waals surface area contributed by atoms with E-state index in [1.807, 2.05) is 0 Å². The topological polar surface area (TPSA) is 112 Å². The first-order valence-corrected chi connectivity index (χ1v) is 10.0. The number of benzene rings is 1. The van der Waals surface area contributed by atoms with Crippen molar-refractivity contribution in [3.05, 3.63) is 36.5 Å². The third kappa shape index (κ3) is 4.38. The lowest BCUT2D eigenvalue weighted by Gasteiger charge is -2.46. The SMILES string of the molecule is CC1(C)CC(NC(=O)Oc2cc(-c3ccc(O)cc3)nc3[nH]ncc23)CC(C)(C)N1. The molecular formula is C22H27N5O3. The summed E-state index contributed by atoms with van der Waals surface area (Å²) in [6.45, 7) is 8.54. The Morgan fingerprint density at radius 3 is 2.50 bits per heavy atom. The number of fused-ring (bicyclic) bond motifs is 1. The Morgan fingerprint density at radius 1 is 1.17 bits per heavy atom. The predicted molar refractivity (Wildman–Crippen MR) is 114 cm³/mol. The molecule has 158 valence electrons. The molecule has 0 saturated carbocycles. The Hall–Kier alpha value is -3.13. The van der Waals surface area contributed by atoms with E-state index in [2.05, 4.69) is 53.5 Å². The average Bonchev–Trinajstić information content (AvgIpc) is 3.08. The molecule has 30 heavy (non-hydrogen) atoms. The molecular weight excluding hydrogens is 382 g/mol. The van der Waals surface area contributed by atoms with Crippen LogP contribution < -0.4 is 15.4 Å². The van der Waals surface area contributed by atoms with Gasteiger partial charge in [0.15, 0.2) is 5.65 Å². The summed E-state index contributed by atoms with van der Waals surface area (Å²) in [6.07, 6.45) is 2.70. The van der Waals surface area contributed by atoms with Crippen molar-refractivity contribution < 1.29 is 14.6 Å². The molecule has 1 aliphatic rings. The van der Waals surface area contributed by atoms with E-state index in [4.69, 9.17) is 4.74 Å². The number of phenolic OH excluding ortho intramolecular Hbond substituents is 1. The number of carbonyl (C=O) groups excluding carboxylic acids is 1. The van der Waals surface area contributed by atoms with Crippen LogP contribution in [0.15, 0.2) is 36.5 Å². The number of piperidine rings is 1. The summed E-state index contributed by atoms with van der Waals surface area (Å²) in [4.78, 5) is 17.3. The number of aromatic hydroxyl groups is 1. The lowest BCUT2D eigenvalue weighted by molar-refractivity contribution is 0.138. The van der Waals surface area contributed by atoms with Gasteiger partial charge in [-0.3, -0.25) is 5.10 Å². The van der Waals surface area contributed by atoms with Crippen LogP contribution in [0.5, 0.6) is 11.5 Å². The normalized spacial score (nSPS) is 18.3. The Balaban J connectivity index is 1.56. The second kappa shape index (κ2) is 7.28. The number of pyridine rings is 1. The smallest absolute Gasteiger partial charge is 0.412 e. The number of amides is 1. The zero-order valence-corrected chi connectivity index (χ0v) is 17.6. The Bertz CT molecular complexity index is 1060. The molecule has 0 radical (unpaired) electrons. The maximum atomic E-state index is 12.7. The fourth-order valence-corrected chi connectivity index (χ4v) is 4.48. The summed E-state index contributed by atoms with van der Waals surface area (Å²) in [5, 5.41) is 23.6. The van der Waals surface area contributed by atoms with Crippen LogP contribution in [0.1, 0.15) is 40.5 Å². The molecule has 8 nitrogen and oxygen atoms in total. The summed E-state index contributed by atoms with van der Waals surface area (Å²) >= 11 is 0. The van der Waals surface area contributed by atoms with E-state index in [1.165, 1.54) is 0 Å². The van der Waals surface area contributed by atoms with Crippen molar-refractivity contribution in [1.82, 2.24) is 25.8 Å². The first-order chi connectivity index (χ1) is 14.1.